The maximum atomic E-state index is 4.38. The van der Waals surface area contributed by atoms with E-state index in [1.807, 2.05) is 7.05 Å². The molecule has 0 saturated carbocycles. The molecule has 3 rings (SSSR count). The first-order valence-electron chi connectivity index (χ1n) is 9.92. The van der Waals surface area contributed by atoms with Crippen molar-refractivity contribution in [3.05, 3.63) is 47.5 Å². The lowest BCUT2D eigenvalue weighted by atomic mass is 10.1. The van der Waals surface area contributed by atoms with Gasteiger partial charge in [-0.1, -0.05) is 43.3 Å². The van der Waals surface area contributed by atoms with Crippen molar-refractivity contribution in [2.45, 2.75) is 38.9 Å². The summed E-state index contributed by atoms with van der Waals surface area (Å²) in [5, 5.41) is 7.00. The van der Waals surface area contributed by atoms with Crippen LogP contribution in [0.2, 0.25) is 0 Å². The number of guanidine groups is 1. The summed E-state index contributed by atoms with van der Waals surface area (Å²) in [6.07, 6.45) is 6.64. The molecule has 0 bridgehead atoms. The van der Waals surface area contributed by atoms with Crippen LogP contribution in [0.25, 0.3) is 0 Å². The predicted molar refractivity (Wildman–Crippen MR) is 125 cm³/mol. The van der Waals surface area contributed by atoms with Crippen LogP contribution >= 0.6 is 24.0 Å². The highest BCUT2D eigenvalue weighted by Crippen LogP contribution is 2.14. The monoisotopic (exact) mass is 483 g/mol. The van der Waals surface area contributed by atoms with E-state index in [0.717, 1.165) is 51.5 Å². The fourth-order valence-corrected chi connectivity index (χ4v) is 3.69. The molecule has 6 heteroatoms. The SMILES string of the molecule is CCN1CCN(Cc2ccccc2CNC(=NC)NC2CC=CC2)CC1.I. The van der Waals surface area contributed by atoms with Crippen molar-refractivity contribution in [2.24, 2.45) is 4.99 Å². The Hall–Kier alpha value is -1.12. The lowest BCUT2D eigenvalue weighted by Crippen LogP contribution is -2.45. The molecule has 0 atom stereocenters. The number of nitrogens with one attached hydrogen (secondary N) is 2. The molecule has 27 heavy (non-hydrogen) atoms. The molecule has 0 aromatic heterocycles. The minimum atomic E-state index is 0. The van der Waals surface area contributed by atoms with Gasteiger partial charge in [0.05, 0.1) is 0 Å². The van der Waals surface area contributed by atoms with Crippen molar-refractivity contribution in [2.75, 3.05) is 39.8 Å². The third-order valence-corrected chi connectivity index (χ3v) is 5.44. The van der Waals surface area contributed by atoms with Crippen molar-refractivity contribution in [1.82, 2.24) is 20.4 Å². The summed E-state index contributed by atoms with van der Waals surface area (Å²) in [6, 6.07) is 9.26. The van der Waals surface area contributed by atoms with Crippen molar-refractivity contribution >= 4 is 29.9 Å². The Morgan fingerprint density at radius 3 is 2.30 bits per heavy atom. The molecule has 2 N–H and O–H groups in total. The Morgan fingerprint density at radius 1 is 1.04 bits per heavy atom. The third-order valence-electron chi connectivity index (χ3n) is 5.44. The van der Waals surface area contributed by atoms with E-state index in [1.165, 1.54) is 24.2 Å². The summed E-state index contributed by atoms with van der Waals surface area (Å²) in [4.78, 5) is 9.48. The Kier molecular flexibility index (Phi) is 9.58. The molecule has 5 nitrogen and oxygen atoms in total. The number of aliphatic imine (C=N–C) groups is 1. The molecule has 0 unspecified atom stereocenters. The zero-order valence-corrected chi connectivity index (χ0v) is 19.0. The normalized spacial score (nSPS) is 19.1. The van der Waals surface area contributed by atoms with Crippen LogP contribution in [-0.2, 0) is 13.1 Å². The van der Waals surface area contributed by atoms with Crippen LogP contribution in [-0.4, -0.2) is 61.6 Å². The highest BCUT2D eigenvalue weighted by atomic mass is 127. The van der Waals surface area contributed by atoms with Gasteiger partial charge in [0.15, 0.2) is 5.96 Å². The van der Waals surface area contributed by atoms with Gasteiger partial charge in [-0.2, -0.15) is 0 Å². The zero-order chi connectivity index (χ0) is 18.2. The van der Waals surface area contributed by atoms with E-state index in [-0.39, 0.29) is 24.0 Å². The van der Waals surface area contributed by atoms with E-state index >= 15 is 0 Å². The smallest absolute Gasteiger partial charge is 0.191 e. The molecule has 1 saturated heterocycles. The number of benzene rings is 1. The number of piperazine rings is 1. The van der Waals surface area contributed by atoms with Gasteiger partial charge in [-0.25, -0.2) is 0 Å². The van der Waals surface area contributed by atoms with E-state index in [0.29, 0.717) is 6.04 Å². The predicted octanol–water partition coefficient (Wildman–Crippen LogP) is 2.83. The molecule has 0 amide bonds. The Morgan fingerprint density at radius 2 is 1.67 bits per heavy atom. The molecule has 2 aliphatic rings. The summed E-state index contributed by atoms with van der Waals surface area (Å²) in [6.45, 7) is 9.95. The average Bonchev–Trinajstić information content (AvgIpc) is 3.20. The standard InChI is InChI=1S/C21H33N5.HI/c1-3-25-12-14-26(15-13-25)17-19-9-5-4-8-18(19)16-23-21(22-2)24-20-10-6-7-11-20;/h4-9,20H,3,10-17H2,1-2H3,(H2,22,23,24);1H. The number of nitrogens with zero attached hydrogens (tertiary/aromatic N) is 3. The van der Waals surface area contributed by atoms with Crippen molar-refractivity contribution in [1.29, 1.82) is 0 Å². The second-order valence-corrected chi connectivity index (χ2v) is 7.19. The lowest BCUT2D eigenvalue weighted by molar-refractivity contribution is 0.131. The second kappa shape index (κ2) is 11.7. The first kappa shape index (κ1) is 22.2. The van der Waals surface area contributed by atoms with Crippen molar-refractivity contribution in [3.8, 4) is 0 Å². The summed E-state index contributed by atoms with van der Waals surface area (Å²) < 4.78 is 0. The maximum absolute atomic E-state index is 4.38. The van der Waals surface area contributed by atoms with Gasteiger partial charge in [0.25, 0.3) is 0 Å². The van der Waals surface area contributed by atoms with Crippen LogP contribution in [0.1, 0.15) is 30.9 Å². The summed E-state index contributed by atoms with van der Waals surface area (Å²) in [7, 11) is 1.84. The molecular weight excluding hydrogens is 449 g/mol. The van der Waals surface area contributed by atoms with Gasteiger partial charge in [-0.15, -0.1) is 24.0 Å². The quantitative estimate of drug-likeness (QED) is 0.283. The molecule has 1 fully saturated rings. The van der Waals surface area contributed by atoms with Gasteiger partial charge < -0.3 is 15.5 Å². The number of hydrogen-bond acceptors (Lipinski definition) is 3. The Labute approximate surface area is 181 Å². The third kappa shape index (κ3) is 6.76. The van der Waals surface area contributed by atoms with E-state index in [4.69, 9.17) is 0 Å². The van der Waals surface area contributed by atoms with E-state index in [2.05, 4.69) is 68.8 Å². The first-order chi connectivity index (χ1) is 12.8. The Bertz CT molecular complexity index is 615. The summed E-state index contributed by atoms with van der Waals surface area (Å²) in [5.74, 6) is 0.894. The fourth-order valence-electron chi connectivity index (χ4n) is 3.69. The molecule has 1 aromatic rings. The van der Waals surface area contributed by atoms with E-state index < -0.39 is 0 Å². The van der Waals surface area contributed by atoms with E-state index in [1.54, 1.807) is 0 Å². The van der Waals surface area contributed by atoms with E-state index in [9.17, 15) is 0 Å². The topological polar surface area (TPSA) is 42.9 Å². The molecule has 150 valence electrons. The van der Waals surface area contributed by atoms with Crippen LogP contribution in [0.4, 0.5) is 0 Å². The average molecular weight is 483 g/mol. The molecule has 0 spiro atoms. The van der Waals surface area contributed by atoms with Gasteiger partial charge >= 0.3 is 0 Å². The van der Waals surface area contributed by atoms with Crippen LogP contribution < -0.4 is 10.6 Å². The van der Waals surface area contributed by atoms with Crippen LogP contribution in [0.15, 0.2) is 41.4 Å². The number of halogens is 1. The van der Waals surface area contributed by atoms with Gasteiger partial charge in [-0.05, 0) is 30.5 Å². The number of likely N-dealkylation sites (N-methyl/N-ethyl adjacent to an activating group) is 1. The largest absolute Gasteiger partial charge is 0.353 e. The maximum Gasteiger partial charge on any atom is 0.191 e. The first-order valence-corrected chi connectivity index (χ1v) is 9.92. The van der Waals surface area contributed by atoms with Crippen LogP contribution in [0.3, 0.4) is 0 Å². The molecule has 1 heterocycles. The highest BCUT2D eigenvalue weighted by molar-refractivity contribution is 14.0. The summed E-state index contributed by atoms with van der Waals surface area (Å²) in [5.41, 5.74) is 2.78. The van der Waals surface area contributed by atoms with Crippen LogP contribution in [0, 0.1) is 0 Å². The zero-order valence-electron chi connectivity index (χ0n) is 16.7. The summed E-state index contributed by atoms with van der Waals surface area (Å²) >= 11 is 0. The van der Waals surface area contributed by atoms with Gasteiger partial charge in [-0.3, -0.25) is 9.89 Å². The Balaban J connectivity index is 0.00000261. The number of rotatable bonds is 6. The molecule has 1 aromatic carbocycles. The van der Waals surface area contributed by atoms with Gasteiger partial charge in [0.2, 0.25) is 0 Å². The molecule has 0 radical (unpaired) electrons. The fraction of sp³-hybridized carbons (Fsp3) is 0.571. The highest BCUT2D eigenvalue weighted by Gasteiger charge is 2.17. The molecule has 1 aliphatic heterocycles. The molecule has 1 aliphatic carbocycles. The second-order valence-electron chi connectivity index (χ2n) is 7.19. The molecular formula is C21H34IN5. The minimum absolute atomic E-state index is 0. The lowest BCUT2D eigenvalue weighted by Gasteiger charge is -2.34. The van der Waals surface area contributed by atoms with Gasteiger partial charge in [0.1, 0.15) is 0 Å². The van der Waals surface area contributed by atoms with Gasteiger partial charge in [0, 0.05) is 52.4 Å². The van der Waals surface area contributed by atoms with Crippen molar-refractivity contribution in [3.63, 3.8) is 0 Å². The number of hydrogen-bond donors (Lipinski definition) is 2. The minimum Gasteiger partial charge on any atom is -0.353 e. The van der Waals surface area contributed by atoms with Crippen molar-refractivity contribution < 1.29 is 0 Å². The van der Waals surface area contributed by atoms with Crippen LogP contribution in [0.5, 0.6) is 0 Å².